The first-order chi connectivity index (χ1) is 14.5. The summed E-state index contributed by atoms with van der Waals surface area (Å²) in [5, 5.41) is 12.1. The molecule has 0 bridgehead atoms. The molecule has 2 heterocycles. The van der Waals surface area contributed by atoms with Crippen molar-refractivity contribution < 1.29 is 19.0 Å². The molecule has 11 heteroatoms. The molecule has 0 aliphatic carbocycles. The lowest BCUT2D eigenvalue weighted by Crippen LogP contribution is -2.13. The molecule has 0 atom stereocenters. The van der Waals surface area contributed by atoms with Crippen LogP contribution in [0, 0.1) is 4.77 Å². The van der Waals surface area contributed by atoms with Crippen LogP contribution in [0.4, 0.5) is 5.13 Å². The average Bonchev–Trinajstić information content (AvgIpc) is 3.34. The number of hydrogen-bond acceptors (Lipinski definition) is 8. The standard InChI is InChI=1S/C19H21N5O4S2/c1-5-6-24-16(22-23-19(24)29)7-11-10-30-18(20-11)21-17(25)12-8-14(27-3)15(28-4)9-13(12)26-2/h5,8-10H,1,6-7H2,2-4H3,(H,23,29)(H,20,21,25). The van der Waals surface area contributed by atoms with Gasteiger partial charge in [-0.2, -0.15) is 5.10 Å². The number of ether oxygens (including phenoxy) is 3. The van der Waals surface area contributed by atoms with Gasteiger partial charge in [0.1, 0.15) is 11.6 Å². The monoisotopic (exact) mass is 447 g/mol. The number of allylic oxidation sites excluding steroid dienone is 1. The highest BCUT2D eigenvalue weighted by Gasteiger charge is 2.19. The van der Waals surface area contributed by atoms with Crippen molar-refractivity contribution in [3.8, 4) is 17.2 Å². The molecule has 0 fully saturated rings. The number of carbonyl (C=O) groups excluding carboxylic acids is 1. The zero-order valence-electron chi connectivity index (χ0n) is 16.7. The first-order valence-electron chi connectivity index (χ1n) is 8.81. The summed E-state index contributed by atoms with van der Waals surface area (Å²) in [5.41, 5.74) is 1.06. The third-order valence-electron chi connectivity index (χ3n) is 4.21. The zero-order valence-corrected chi connectivity index (χ0v) is 18.4. The Morgan fingerprint density at radius 1 is 1.27 bits per heavy atom. The minimum absolute atomic E-state index is 0.304. The Morgan fingerprint density at radius 2 is 1.97 bits per heavy atom. The maximum Gasteiger partial charge on any atom is 0.261 e. The molecule has 3 aromatic rings. The van der Waals surface area contributed by atoms with Gasteiger partial charge in [-0.15, -0.1) is 17.9 Å². The van der Waals surface area contributed by atoms with Crippen LogP contribution >= 0.6 is 23.6 Å². The van der Waals surface area contributed by atoms with Crippen LogP contribution < -0.4 is 19.5 Å². The van der Waals surface area contributed by atoms with Crippen LogP contribution in [0.25, 0.3) is 0 Å². The van der Waals surface area contributed by atoms with Gasteiger partial charge < -0.3 is 14.2 Å². The number of aromatic amines is 1. The van der Waals surface area contributed by atoms with Crippen LogP contribution in [-0.4, -0.2) is 47.0 Å². The van der Waals surface area contributed by atoms with E-state index in [1.54, 1.807) is 18.2 Å². The Morgan fingerprint density at radius 3 is 2.63 bits per heavy atom. The minimum Gasteiger partial charge on any atom is -0.496 e. The molecule has 0 saturated carbocycles. The molecule has 30 heavy (non-hydrogen) atoms. The van der Waals surface area contributed by atoms with Crippen LogP contribution in [0.3, 0.4) is 0 Å². The maximum atomic E-state index is 12.8. The van der Waals surface area contributed by atoms with E-state index in [9.17, 15) is 4.79 Å². The van der Waals surface area contributed by atoms with Gasteiger partial charge in [0.15, 0.2) is 21.4 Å². The molecule has 158 valence electrons. The lowest BCUT2D eigenvalue weighted by molar-refractivity contribution is 0.102. The molecule has 9 nitrogen and oxygen atoms in total. The molecule has 0 radical (unpaired) electrons. The molecule has 0 unspecified atom stereocenters. The van der Waals surface area contributed by atoms with E-state index in [1.165, 1.54) is 32.7 Å². The molecule has 1 amide bonds. The summed E-state index contributed by atoms with van der Waals surface area (Å²) in [7, 11) is 4.50. The lowest BCUT2D eigenvalue weighted by Gasteiger charge is -2.13. The Labute approximate surface area is 182 Å². The third kappa shape index (κ3) is 4.52. The van der Waals surface area contributed by atoms with Crippen LogP contribution in [0.2, 0.25) is 0 Å². The van der Waals surface area contributed by atoms with Gasteiger partial charge in [-0.1, -0.05) is 6.08 Å². The molecule has 0 spiro atoms. The Kier molecular flexibility index (Phi) is 6.85. The van der Waals surface area contributed by atoms with Gasteiger partial charge in [-0.25, -0.2) is 4.98 Å². The molecule has 0 aliphatic rings. The molecule has 3 rings (SSSR count). The number of benzene rings is 1. The van der Waals surface area contributed by atoms with Gasteiger partial charge in [-0.05, 0) is 12.2 Å². The predicted molar refractivity (Wildman–Crippen MR) is 117 cm³/mol. The van der Waals surface area contributed by atoms with Crippen molar-refractivity contribution in [1.29, 1.82) is 0 Å². The van der Waals surface area contributed by atoms with Crippen LogP contribution in [0.5, 0.6) is 17.2 Å². The number of nitrogens with one attached hydrogen (secondary N) is 2. The topological polar surface area (TPSA) is 103 Å². The Hall–Kier alpha value is -3.18. The highest BCUT2D eigenvalue weighted by molar-refractivity contribution is 7.71. The summed E-state index contributed by atoms with van der Waals surface area (Å²) < 4.78 is 18.2. The molecule has 2 aromatic heterocycles. The normalized spacial score (nSPS) is 10.5. The largest absolute Gasteiger partial charge is 0.496 e. The molecule has 2 N–H and O–H groups in total. The minimum atomic E-state index is -0.372. The van der Waals surface area contributed by atoms with Crippen LogP contribution in [0.1, 0.15) is 21.9 Å². The number of methoxy groups -OCH3 is 3. The van der Waals surface area contributed by atoms with Crippen molar-refractivity contribution in [1.82, 2.24) is 19.7 Å². The number of amides is 1. The fourth-order valence-corrected chi connectivity index (χ4v) is 3.71. The highest BCUT2D eigenvalue weighted by Crippen LogP contribution is 2.35. The number of aromatic nitrogens is 4. The number of carbonyl (C=O) groups is 1. The van der Waals surface area contributed by atoms with Gasteiger partial charge >= 0.3 is 0 Å². The molecular weight excluding hydrogens is 426 g/mol. The third-order valence-corrected chi connectivity index (χ3v) is 5.33. The average molecular weight is 448 g/mol. The van der Waals surface area contributed by atoms with E-state index in [2.05, 4.69) is 27.1 Å². The molecule has 1 aromatic carbocycles. The molecule has 0 saturated heterocycles. The fraction of sp³-hybridized carbons (Fsp3) is 0.263. The SMILES string of the molecule is C=CCn1c(Cc2csc(NC(=O)c3cc(OC)c(OC)cc3OC)n2)n[nH]c1=S. The molecular formula is C19H21N5O4S2. The number of hydrogen-bond donors (Lipinski definition) is 2. The second-order valence-corrected chi connectivity index (χ2v) is 7.27. The number of nitrogens with zero attached hydrogens (tertiary/aromatic N) is 3. The van der Waals surface area contributed by atoms with E-state index >= 15 is 0 Å². The van der Waals surface area contributed by atoms with Crippen LogP contribution in [-0.2, 0) is 13.0 Å². The van der Waals surface area contributed by atoms with Gasteiger partial charge in [0.2, 0.25) is 0 Å². The maximum absolute atomic E-state index is 12.8. The number of thiazole rings is 1. The second kappa shape index (κ2) is 9.55. The Bertz CT molecular complexity index is 1120. The summed E-state index contributed by atoms with van der Waals surface area (Å²) >= 11 is 6.54. The first-order valence-corrected chi connectivity index (χ1v) is 10.1. The van der Waals surface area contributed by atoms with E-state index in [1.807, 2.05) is 9.95 Å². The summed E-state index contributed by atoms with van der Waals surface area (Å²) in [5.74, 6) is 1.62. The van der Waals surface area contributed by atoms with Crippen molar-refractivity contribution >= 4 is 34.6 Å². The summed E-state index contributed by atoms with van der Waals surface area (Å²) in [6.07, 6.45) is 2.21. The first kappa shape index (κ1) is 21.5. The van der Waals surface area contributed by atoms with Gasteiger partial charge in [0.25, 0.3) is 5.91 Å². The molecule has 0 aliphatic heterocycles. The van der Waals surface area contributed by atoms with Crippen molar-refractivity contribution in [3.63, 3.8) is 0 Å². The van der Waals surface area contributed by atoms with Gasteiger partial charge in [-0.3, -0.25) is 19.8 Å². The highest BCUT2D eigenvalue weighted by atomic mass is 32.1. The number of anilines is 1. The summed E-state index contributed by atoms with van der Waals surface area (Å²) in [6.45, 7) is 4.28. The zero-order chi connectivity index (χ0) is 21.7. The van der Waals surface area contributed by atoms with Crippen LogP contribution in [0.15, 0.2) is 30.2 Å². The van der Waals surface area contributed by atoms with Gasteiger partial charge in [0, 0.05) is 24.1 Å². The van der Waals surface area contributed by atoms with E-state index in [0.29, 0.717) is 45.7 Å². The van der Waals surface area contributed by atoms with E-state index in [-0.39, 0.29) is 5.91 Å². The van der Waals surface area contributed by atoms with E-state index in [4.69, 9.17) is 26.4 Å². The Balaban J connectivity index is 1.79. The lowest BCUT2D eigenvalue weighted by atomic mass is 10.1. The van der Waals surface area contributed by atoms with E-state index < -0.39 is 0 Å². The predicted octanol–water partition coefficient (Wildman–Crippen LogP) is 3.45. The smallest absolute Gasteiger partial charge is 0.261 e. The fourth-order valence-electron chi connectivity index (χ4n) is 2.78. The summed E-state index contributed by atoms with van der Waals surface area (Å²) in [4.78, 5) is 17.3. The quantitative estimate of drug-likeness (QED) is 0.382. The number of H-pyrrole nitrogens is 1. The summed E-state index contributed by atoms with van der Waals surface area (Å²) in [6, 6.07) is 3.16. The number of rotatable bonds is 9. The van der Waals surface area contributed by atoms with Crippen molar-refractivity contribution in [3.05, 3.63) is 52.0 Å². The van der Waals surface area contributed by atoms with Crippen molar-refractivity contribution in [2.75, 3.05) is 26.6 Å². The van der Waals surface area contributed by atoms with E-state index in [0.717, 1.165) is 11.5 Å². The van der Waals surface area contributed by atoms with Gasteiger partial charge in [0.05, 0.1) is 39.0 Å². The van der Waals surface area contributed by atoms with Crippen molar-refractivity contribution in [2.24, 2.45) is 0 Å². The second-order valence-electron chi connectivity index (χ2n) is 6.03. The van der Waals surface area contributed by atoms with Crippen molar-refractivity contribution in [2.45, 2.75) is 13.0 Å².